The zero-order valence-corrected chi connectivity index (χ0v) is 18.8. The molecule has 2 heterocycles. The first-order chi connectivity index (χ1) is 14.1. The first-order valence-corrected chi connectivity index (χ1v) is 11.0. The summed E-state index contributed by atoms with van der Waals surface area (Å²) in [4.78, 5) is 43.9. The molecule has 1 aliphatic carbocycles. The number of hydrogen-bond acceptors (Lipinski definition) is 7. The Morgan fingerprint density at radius 3 is 2.77 bits per heavy atom. The van der Waals surface area contributed by atoms with E-state index in [9.17, 15) is 14.4 Å². The van der Waals surface area contributed by atoms with Crippen LogP contribution in [0.1, 0.15) is 44.2 Å². The van der Waals surface area contributed by atoms with Gasteiger partial charge in [-0.1, -0.05) is 0 Å². The van der Waals surface area contributed by atoms with Crippen LogP contribution in [0.4, 0.5) is 9.93 Å². The van der Waals surface area contributed by atoms with Crippen molar-refractivity contribution in [1.82, 2.24) is 15.2 Å². The minimum atomic E-state index is -0.535. The molecule has 9 nitrogen and oxygen atoms in total. The number of ether oxygens (including phenoxy) is 2. The van der Waals surface area contributed by atoms with E-state index in [1.165, 1.54) is 11.3 Å². The monoisotopic (exact) mass is 438 g/mol. The van der Waals surface area contributed by atoms with Gasteiger partial charge in [0.25, 0.3) is 0 Å². The first kappa shape index (κ1) is 22.5. The van der Waals surface area contributed by atoms with Gasteiger partial charge in [0.1, 0.15) is 5.60 Å². The molecular formula is C20H30N4O5S. The van der Waals surface area contributed by atoms with Crippen molar-refractivity contribution < 1.29 is 23.9 Å². The second-order valence-corrected chi connectivity index (χ2v) is 9.78. The van der Waals surface area contributed by atoms with Crippen molar-refractivity contribution in [2.75, 3.05) is 32.1 Å². The Bertz CT molecular complexity index is 804. The van der Waals surface area contributed by atoms with Crippen molar-refractivity contribution in [3.05, 3.63) is 10.6 Å². The number of thiazole rings is 1. The molecule has 2 N–H and O–H groups in total. The average Bonchev–Trinajstić information content (AvgIpc) is 3.20. The number of rotatable bonds is 6. The van der Waals surface area contributed by atoms with Crippen molar-refractivity contribution in [1.29, 1.82) is 0 Å². The average molecular weight is 439 g/mol. The zero-order chi connectivity index (χ0) is 21.9. The molecule has 0 aromatic carbocycles. The number of carbonyl (C=O) groups excluding carboxylic acids is 3. The van der Waals surface area contributed by atoms with E-state index in [2.05, 4.69) is 15.6 Å². The number of anilines is 1. The third kappa shape index (κ3) is 5.91. The number of nitrogens with one attached hydrogen (secondary N) is 2. The Morgan fingerprint density at radius 2 is 2.07 bits per heavy atom. The highest BCUT2D eigenvalue weighted by Gasteiger charge is 2.34. The van der Waals surface area contributed by atoms with E-state index in [4.69, 9.17) is 9.47 Å². The summed E-state index contributed by atoms with van der Waals surface area (Å²) in [7, 11) is 1.59. The van der Waals surface area contributed by atoms with Gasteiger partial charge in [0.05, 0.1) is 18.2 Å². The molecule has 1 aliphatic heterocycles. The Balaban J connectivity index is 1.53. The second kappa shape index (κ2) is 9.30. The van der Waals surface area contributed by atoms with Crippen LogP contribution in [0.5, 0.6) is 0 Å². The third-order valence-electron chi connectivity index (χ3n) is 5.04. The van der Waals surface area contributed by atoms with Gasteiger partial charge in [-0.3, -0.25) is 9.59 Å². The zero-order valence-electron chi connectivity index (χ0n) is 17.9. The summed E-state index contributed by atoms with van der Waals surface area (Å²) in [5.74, 6) is -0.587. The number of fused-ring (bicyclic) bond motifs is 1. The lowest BCUT2D eigenvalue weighted by Gasteiger charge is -2.25. The molecule has 10 heteroatoms. The summed E-state index contributed by atoms with van der Waals surface area (Å²) in [6, 6.07) is -0.0156. The summed E-state index contributed by atoms with van der Waals surface area (Å²) in [5, 5.41) is 6.33. The number of carbonyl (C=O) groups is 3. The fraction of sp³-hybridized carbons (Fsp3) is 0.700. The number of aromatic nitrogens is 1. The van der Waals surface area contributed by atoms with Crippen LogP contribution < -0.4 is 10.6 Å². The van der Waals surface area contributed by atoms with Gasteiger partial charge in [0.15, 0.2) is 5.13 Å². The van der Waals surface area contributed by atoms with Crippen molar-refractivity contribution in [2.45, 2.75) is 58.1 Å². The molecule has 166 valence electrons. The normalized spacial score (nSPS) is 21.3. The number of nitrogens with zero attached hydrogens (tertiary/aromatic N) is 2. The number of likely N-dealkylation sites (tertiary alicyclic amines) is 1. The Hall–Kier alpha value is -2.20. The van der Waals surface area contributed by atoms with Crippen LogP contribution in [0, 0.1) is 5.92 Å². The molecule has 0 bridgehead atoms. The quantitative estimate of drug-likeness (QED) is 0.703. The smallest absolute Gasteiger partial charge is 0.407 e. The first-order valence-electron chi connectivity index (χ1n) is 10.2. The molecule has 30 heavy (non-hydrogen) atoms. The van der Waals surface area contributed by atoms with Crippen molar-refractivity contribution in [2.24, 2.45) is 5.92 Å². The topological polar surface area (TPSA) is 110 Å². The highest BCUT2D eigenvalue weighted by molar-refractivity contribution is 7.15. The summed E-state index contributed by atoms with van der Waals surface area (Å²) >= 11 is 1.43. The van der Waals surface area contributed by atoms with E-state index in [0.717, 1.165) is 23.4 Å². The minimum absolute atomic E-state index is 0.0156. The van der Waals surface area contributed by atoms with Crippen LogP contribution in [0.3, 0.4) is 0 Å². The van der Waals surface area contributed by atoms with Gasteiger partial charge >= 0.3 is 6.09 Å². The molecule has 2 aliphatic rings. The van der Waals surface area contributed by atoms with Crippen molar-refractivity contribution >= 4 is 34.4 Å². The lowest BCUT2D eigenvalue weighted by molar-refractivity contribution is -0.128. The summed E-state index contributed by atoms with van der Waals surface area (Å²) in [6.45, 7) is 6.85. The second-order valence-electron chi connectivity index (χ2n) is 8.70. The lowest BCUT2D eigenvalue weighted by Crippen LogP contribution is -2.41. The van der Waals surface area contributed by atoms with Gasteiger partial charge in [-0.15, -0.1) is 11.3 Å². The number of methoxy groups -OCH3 is 1. The molecule has 0 spiro atoms. The third-order valence-corrected chi connectivity index (χ3v) is 6.08. The van der Waals surface area contributed by atoms with Crippen LogP contribution in [0.2, 0.25) is 0 Å². The molecule has 1 fully saturated rings. The predicted octanol–water partition coefficient (Wildman–Crippen LogP) is 1.96. The van der Waals surface area contributed by atoms with Gasteiger partial charge in [-0.2, -0.15) is 0 Å². The van der Waals surface area contributed by atoms with E-state index in [1.807, 2.05) is 20.8 Å². The van der Waals surface area contributed by atoms with Crippen LogP contribution in [0.15, 0.2) is 0 Å². The maximum atomic E-state index is 12.6. The molecule has 1 saturated heterocycles. The Morgan fingerprint density at radius 1 is 1.30 bits per heavy atom. The molecule has 1 aromatic heterocycles. The SMILES string of the molecule is COCCN1CC(C(=O)Nc2nc3c(s2)C[C@@H](NC(=O)OC(C)(C)C)CC3)CC1=O. The molecule has 1 aromatic rings. The highest BCUT2D eigenvalue weighted by atomic mass is 32.1. The lowest BCUT2D eigenvalue weighted by atomic mass is 9.98. The van der Waals surface area contributed by atoms with Crippen LogP contribution in [0.25, 0.3) is 0 Å². The predicted molar refractivity (Wildman–Crippen MR) is 112 cm³/mol. The van der Waals surface area contributed by atoms with Crippen LogP contribution in [-0.2, 0) is 31.9 Å². The van der Waals surface area contributed by atoms with Gasteiger partial charge in [-0.25, -0.2) is 9.78 Å². The number of alkyl carbamates (subject to hydrolysis) is 1. The largest absolute Gasteiger partial charge is 0.444 e. The summed E-state index contributed by atoms with van der Waals surface area (Å²) in [6.07, 6.45) is 1.96. The van der Waals surface area contributed by atoms with E-state index < -0.39 is 11.7 Å². The Kier molecular flexibility index (Phi) is 6.97. The molecule has 3 rings (SSSR count). The maximum Gasteiger partial charge on any atom is 0.407 e. The van der Waals surface area contributed by atoms with E-state index in [0.29, 0.717) is 31.2 Å². The fourth-order valence-electron chi connectivity index (χ4n) is 3.60. The molecular weight excluding hydrogens is 408 g/mol. The molecule has 3 amide bonds. The van der Waals surface area contributed by atoms with Gasteiger partial charge in [0, 0.05) is 44.0 Å². The molecule has 2 atom stereocenters. The summed E-state index contributed by atoms with van der Waals surface area (Å²) in [5.41, 5.74) is 0.425. The standard InChI is InChI=1S/C20H30N4O5S/c1-20(2,3)29-19(27)21-13-5-6-14-15(10-13)30-18(22-14)23-17(26)12-9-16(25)24(11-12)7-8-28-4/h12-13H,5-11H2,1-4H3,(H,21,27)(H,22,23,26)/t12?,13-/m0/s1. The van der Waals surface area contributed by atoms with E-state index in [1.54, 1.807) is 12.0 Å². The number of amides is 3. The maximum absolute atomic E-state index is 12.6. The highest BCUT2D eigenvalue weighted by Crippen LogP contribution is 2.31. The molecule has 0 saturated carbocycles. The molecule has 0 radical (unpaired) electrons. The van der Waals surface area contributed by atoms with E-state index in [-0.39, 0.29) is 30.2 Å². The van der Waals surface area contributed by atoms with Crippen molar-refractivity contribution in [3.8, 4) is 0 Å². The number of hydrogen-bond donors (Lipinski definition) is 2. The summed E-state index contributed by atoms with van der Waals surface area (Å²) < 4.78 is 10.3. The van der Waals surface area contributed by atoms with Crippen molar-refractivity contribution in [3.63, 3.8) is 0 Å². The van der Waals surface area contributed by atoms with E-state index >= 15 is 0 Å². The van der Waals surface area contributed by atoms with Gasteiger partial charge < -0.3 is 25.0 Å². The van der Waals surface area contributed by atoms with Crippen LogP contribution in [-0.4, -0.2) is 66.2 Å². The van der Waals surface area contributed by atoms with Gasteiger partial charge in [0.2, 0.25) is 11.8 Å². The minimum Gasteiger partial charge on any atom is -0.444 e. The molecule has 1 unspecified atom stereocenters. The van der Waals surface area contributed by atoms with Crippen LogP contribution >= 0.6 is 11.3 Å². The fourth-order valence-corrected chi connectivity index (χ4v) is 4.69. The Labute approximate surface area is 180 Å². The number of aryl methyl sites for hydroxylation is 1. The van der Waals surface area contributed by atoms with Gasteiger partial charge in [-0.05, 0) is 33.6 Å².